The van der Waals surface area contributed by atoms with Crippen molar-refractivity contribution < 1.29 is 18.7 Å². The lowest BCUT2D eigenvalue weighted by Gasteiger charge is -2.36. The van der Waals surface area contributed by atoms with Crippen molar-refractivity contribution in [2.45, 2.75) is 0 Å². The van der Waals surface area contributed by atoms with Gasteiger partial charge in [-0.15, -0.1) is 0 Å². The van der Waals surface area contributed by atoms with Crippen LogP contribution in [0.3, 0.4) is 0 Å². The highest BCUT2D eigenvalue weighted by Gasteiger charge is 2.23. The van der Waals surface area contributed by atoms with Crippen LogP contribution in [0, 0.1) is 0 Å². The van der Waals surface area contributed by atoms with E-state index in [1.165, 1.54) is 6.26 Å². The number of amides is 1. The van der Waals surface area contributed by atoms with Crippen LogP contribution < -0.4 is 20.1 Å². The number of aromatic nitrogens is 1. The van der Waals surface area contributed by atoms with E-state index in [-0.39, 0.29) is 5.91 Å². The average molecular weight is 395 g/mol. The Morgan fingerprint density at radius 1 is 1.00 bits per heavy atom. The van der Waals surface area contributed by atoms with E-state index in [4.69, 9.17) is 13.9 Å². The fourth-order valence-electron chi connectivity index (χ4n) is 3.49. The van der Waals surface area contributed by atoms with Crippen molar-refractivity contribution >= 4 is 22.5 Å². The van der Waals surface area contributed by atoms with Crippen LogP contribution in [0.4, 0.5) is 5.69 Å². The van der Waals surface area contributed by atoms with Gasteiger partial charge >= 0.3 is 5.76 Å². The van der Waals surface area contributed by atoms with Crippen LogP contribution >= 0.6 is 0 Å². The number of carbonyl (C=O) groups is 1. The minimum atomic E-state index is -0.604. The predicted molar refractivity (Wildman–Crippen MR) is 108 cm³/mol. The van der Waals surface area contributed by atoms with Crippen LogP contribution in [0.1, 0.15) is 10.4 Å². The molecule has 0 unspecified atom stereocenters. The molecule has 0 spiro atoms. The number of benzene rings is 2. The number of piperazine rings is 1. The first kappa shape index (κ1) is 18.8. The molecule has 8 nitrogen and oxygen atoms in total. The Morgan fingerprint density at radius 2 is 1.76 bits per heavy atom. The molecule has 0 bridgehead atoms. The van der Waals surface area contributed by atoms with Gasteiger partial charge in [0.05, 0.1) is 19.7 Å². The standard InChI is InChI=1S/C21H21N3O5/c1-27-18-6-3-14(12-19(18)28-2)20(25)24-9-7-23(8-10-24)16-4-5-17-15(11-16)13-29-21(26)22-17/h3-6,11-13H,7-10H2,1-2H3. The molecule has 1 fully saturated rings. The number of methoxy groups -OCH3 is 2. The summed E-state index contributed by atoms with van der Waals surface area (Å²) in [6.07, 6.45) is 1.42. The summed E-state index contributed by atoms with van der Waals surface area (Å²) in [6.45, 7) is 2.62. The van der Waals surface area contributed by atoms with Crippen LogP contribution in [0.2, 0.25) is 0 Å². The summed E-state index contributed by atoms with van der Waals surface area (Å²) in [5, 5.41) is 0.769. The lowest BCUT2D eigenvalue weighted by Crippen LogP contribution is -2.48. The number of nitrogens with zero attached hydrogens (tertiary/aromatic N) is 3. The van der Waals surface area contributed by atoms with Gasteiger partial charge in [-0.05, 0) is 36.4 Å². The molecule has 1 amide bonds. The van der Waals surface area contributed by atoms with Crippen LogP contribution in [0.5, 0.6) is 11.5 Å². The average Bonchev–Trinajstić information content (AvgIpc) is 2.77. The normalized spacial score (nSPS) is 14.1. The Labute approximate surface area is 167 Å². The van der Waals surface area contributed by atoms with Crippen molar-refractivity contribution in [1.29, 1.82) is 0 Å². The summed E-state index contributed by atoms with van der Waals surface area (Å²) in [5.41, 5.74) is 2.18. The lowest BCUT2D eigenvalue weighted by molar-refractivity contribution is 0.0746. The Bertz CT molecular complexity index is 1100. The Kier molecular flexibility index (Phi) is 5.07. The number of fused-ring (bicyclic) bond motifs is 1. The first-order chi connectivity index (χ1) is 14.1. The molecule has 1 saturated heterocycles. The highest BCUT2D eigenvalue weighted by molar-refractivity contribution is 5.95. The number of carbonyl (C=O) groups excluding carboxylic acids is 1. The summed E-state index contributed by atoms with van der Waals surface area (Å²) >= 11 is 0. The monoisotopic (exact) mass is 395 g/mol. The van der Waals surface area contributed by atoms with Crippen molar-refractivity contribution in [3.05, 3.63) is 58.8 Å². The number of ether oxygens (including phenoxy) is 2. The van der Waals surface area contributed by atoms with Gasteiger partial charge in [0, 0.05) is 42.8 Å². The zero-order valence-electron chi connectivity index (χ0n) is 16.3. The zero-order chi connectivity index (χ0) is 20.4. The molecule has 2 aromatic carbocycles. The second-order valence-corrected chi connectivity index (χ2v) is 6.71. The van der Waals surface area contributed by atoms with E-state index in [1.54, 1.807) is 32.4 Å². The second-order valence-electron chi connectivity index (χ2n) is 6.71. The van der Waals surface area contributed by atoms with Crippen LogP contribution in [0.15, 0.2) is 51.9 Å². The van der Waals surface area contributed by atoms with E-state index >= 15 is 0 Å². The van der Waals surface area contributed by atoms with Gasteiger partial charge in [-0.1, -0.05) is 0 Å². The molecule has 1 aromatic heterocycles. The maximum atomic E-state index is 12.9. The fraction of sp³-hybridized carbons (Fsp3) is 0.286. The van der Waals surface area contributed by atoms with Gasteiger partial charge in [-0.3, -0.25) is 4.79 Å². The SMILES string of the molecule is COc1ccc(C(=O)N2CCN(c3ccc4nc(=O)occ4c3)CC2)cc1OC. The van der Waals surface area contributed by atoms with Gasteiger partial charge in [0.25, 0.3) is 5.91 Å². The molecule has 0 aliphatic carbocycles. The molecule has 1 aliphatic heterocycles. The molecular weight excluding hydrogens is 374 g/mol. The summed E-state index contributed by atoms with van der Waals surface area (Å²) < 4.78 is 15.4. The zero-order valence-corrected chi connectivity index (χ0v) is 16.3. The minimum Gasteiger partial charge on any atom is -0.493 e. The third kappa shape index (κ3) is 3.73. The molecule has 150 valence electrons. The topological polar surface area (TPSA) is 85.1 Å². The summed E-state index contributed by atoms with van der Waals surface area (Å²) in [6, 6.07) is 10.9. The summed E-state index contributed by atoms with van der Waals surface area (Å²) in [7, 11) is 3.12. The van der Waals surface area contributed by atoms with Crippen LogP contribution in [-0.4, -0.2) is 56.2 Å². The van der Waals surface area contributed by atoms with Crippen molar-refractivity contribution in [3.63, 3.8) is 0 Å². The molecule has 4 rings (SSSR count). The van der Waals surface area contributed by atoms with E-state index in [1.807, 2.05) is 23.1 Å². The number of rotatable bonds is 4. The molecule has 0 radical (unpaired) electrons. The quantitative estimate of drug-likeness (QED) is 0.669. The Hall–Kier alpha value is -3.55. The molecule has 0 N–H and O–H groups in total. The van der Waals surface area contributed by atoms with Gasteiger partial charge in [0.2, 0.25) is 0 Å². The van der Waals surface area contributed by atoms with Crippen molar-refractivity contribution in [3.8, 4) is 11.5 Å². The van der Waals surface area contributed by atoms with Crippen LogP contribution in [-0.2, 0) is 0 Å². The third-order valence-electron chi connectivity index (χ3n) is 5.07. The molecule has 2 heterocycles. The van der Waals surface area contributed by atoms with Gasteiger partial charge in [-0.25, -0.2) is 4.79 Å². The van der Waals surface area contributed by atoms with E-state index in [0.717, 1.165) is 11.1 Å². The van der Waals surface area contributed by atoms with Gasteiger partial charge < -0.3 is 23.7 Å². The highest BCUT2D eigenvalue weighted by atomic mass is 16.5. The molecule has 1 aliphatic rings. The molecule has 8 heteroatoms. The largest absolute Gasteiger partial charge is 0.493 e. The fourth-order valence-corrected chi connectivity index (χ4v) is 3.49. The molecule has 29 heavy (non-hydrogen) atoms. The van der Waals surface area contributed by atoms with Crippen LogP contribution in [0.25, 0.3) is 10.9 Å². The number of hydrogen-bond donors (Lipinski definition) is 0. The summed E-state index contributed by atoms with van der Waals surface area (Å²) in [5.74, 6) is 0.492. The first-order valence-electron chi connectivity index (χ1n) is 9.25. The maximum absolute atomic E-state index is 12.9. The Morgan fingerprint density at radius 3 is 2.48 bits per heavy atom. The second kappa shape index (κ2) is 7.83. The molecular formula is C21H21N3O5. The van der Waals surface area contributed by atoms with E-state index in [2.05, 4.69) is 9.88 Å². The maximum Gasteiger partial charge on any atom is 0.439 e. The highest BCUT2D eigenvalue weighted by Crippen LogP contribution is 2.28. The first-order valence-corrected chi connectivity index (χ1v) is 9.25. The molecule has 3 aromatic rings. The molecule has 0 atom stereocenters. The van der Waals surface area contributed by atoms with Crippen molar-refractivity contribution in [1.82, 2.24) is 9.88 Å². The smallest absolute Gasteiger partial charge is 0.439 e. The minimum absolute atomic E-state index is 0.0323. The van der Waals surface area contributed by atoms with Crippen molar-refractivity contribution in [2.75, 3.05) is 45.3 Å². The summed E-state index contributed by atoms with van der Waals surface area (Å²) in [4.78, 5) is 32.0. The van der Waals surface area contributed by atoms with E-state index < -0.39 is 5.76 Å². The van der Waals surface area contributed by atoms with Gasteiger partial charge in [0.1, 0.15) is 6.26 Å². The van der Waals surface area contributed by atoms with Gasteiger partial charge in [-0.2, -0.15) is 4.98 Å². The lowest BCUT2D eigenvalue weighted by atomic mass is 10.1. The van der Waals surface area contributed by atoms with Gasteiger partial charge in [0.15, 0.2) is 11.5 Å². The predicted octanol–water partition coefficient (Wildman–Crippen LogP) is 2.17. The van der Waals surface area contributed by atoms with E-state index in [0.29, 0.717) is 48.8 Å². The number of anilines is 1. The third-order valence-corrected chi connectivity index (χ3v) is 5.07. The Balaban J connectivity index is 1.46. The van der Waals surface area contributed by atoms with E-state index in [9.17, 15) is 9.59 Å². The number of hydrogen-bond acceptors (Lipinski definition) is 7. The van der Waals surface area contributed by atoms with Crippen molar-refractivity contribution in [2.24, 2.45) is 0 Å². The molecule has 0 saturated carbocycles.